The van der Waals surface area contributed by atoms with E-state index in [2.05, 4.69) is 0 Å². The second-order valence-electron chi connectivity index (χ2n) is 5.20. The van der Waals surface area contributed by atoms with Gasteiger partial charge in [0.25, 0.3) is 0 Å². The third-order valence-corrected chi connectivity index (χ3v) is 4.02. The molecule has 1 fully saturated rings. The Hall–Kier alpha value is -1.85. The van der Waals surface area contributed by atoms with Gasteiger partial charge >= 0.3 is 5.97 Å². The van der Waals surface area contributed by atoms with E-state index >= 15 is 0 Å². The van der Waals surface area contributed by atoms with Crippen LogP contribution in [0.1, 0.15) is 31.2 Å². The van der Waals surface area contributed by atoms with Gasteiger partial charge in [-0.1, -0.05) is 0 Å². The van der Waals surface area contributed by atoms with E-state index in [1.165, 1.54) is 13.2 Å². The van der Waals surface area contributed by atoms with E-state index in [9.17, 15) is 18.7 Å². The van der Waals surface area contributed by atoms with Crippen LogP contribution in [0.3, 0.4) is 0 Å². The number of alkyl halides is 2. The van der Waals surface area contributed by atoms with Gasteiger partial charge in [-0.15, -0.1) is 0 Å². The first-order valence-electron chi connectivity index (χ1n) is 6.36. The van der Waals surface area contributed by atoms with Crippen molar-refractivity contribution in [3.63, 3.8) is 0 Å². The summed E-state index contributed by atoms with van der Waals surface area (Å²) in [5.74, 6) is -3.45. The standard InChI is InChI=1S/C14H17F2NO3/c1-20-9-2-3-11(17)10(8-9)13(12(18)19)4-6-14(15,16)7-5-13/h2-3,8H,4-7,17H2,1H3,(H,18,19). The Kier molecular flexibility index (Phi) is 3.58. The smallest absolute Gasteiger partial charge is 0.314 e. The van der Waals surface area contributed by atoms with Crippen LogP contribution in [0.5, 0.6) is 5.75 Å². The lowest BCUT2D eigenvalue weighted by molar-refractivity contribution is -0.149. The number of anilines is 1. The highest BCUT2D eigenvalue weighted by molar-refractivity contribution is 5.84. The van der Waals surface area contributed by atoms with E-state index in [0.29, 0.717) is 17.0 Å². The first-order valence-corrected chi connectivity index (χ1v) is 6.36. The zero-order valence-electron chi connectivity index (χ0n) is 11.2. The van der Waals surface area contributed by atoms with Crippen LogP contribution >= 0.6 is 0 Å². The van der Waals surface area contributed by atoms with Gasteiger partial charge in [0, 0.05) is 18.5 Å². The maximum absolute atomic E-state index is 13.3. The van der Waals surface area contributed by atoms with Crippen LogP contribution in [-0.2, 0) is 10.2 Å². The highest BCUT2D eigenvalue weighted by Crippen LogP contribution is 2.47. The number of nitrogen functional groups attached to an aromatic ring is 1. The molecule has 0 saturated heterocycles. The second-order valence-corrected chi connectivity index (χ2v) is 5.20. The normalized spacial score (nSPS) is 20.4. The van der Waals surface area contributed by atoms with Gasteiger partial charge in [0.2, 0.25) is 5.92 Å². The molecule has 1 aromatic rings. The largest absolute Gasteiger partial charge is 0.497 e. The minimum Gasteiger partial charge on any atom is -0.497 e. The SMILES string of the molecule is COc1ccc(N)c(C2(C(=O)O)CCC(F)(F)CC2)c1. The number of carbonyl (C=O) groups is 1. The molecule has 0 atom stereocenters. The molecule has 1 aromatic carbocycles. The number of carboxylic acids is 1. The molecule has 0 unspecified atom stereocenters. The molecule has 0 bridgehead atoms. The van der Waals surface area contributed by atoms with Crippen LogP contribution in [0.25, 0.3) is 0 Å². The molecule has 0 heterocycles. The minimum atomic E-state index is -2.80. The molecule has 0 aliphatic heterocycles. The number of nitrogens with two attached hydrogens (primary N) is 1. The molecule has 20 heavy (non-hydrogen) atoms. The molecule has 0 aromatic heterocycles. The summed E-state index contributed by atoms with van der Waals surface area (Å²) >= 11 is 0. The van der Waals surface area contributed by atoms with Crippen molar-refractivity contribution in [1.82, 2.24) is 0 Å². The monoisotopic (exact) mass is 285 g/mol. The third kappa shape index (κ3) is 2.42. The van der Waals surface area contributed by atoms with Crippen molar-refractivity contribution in [3.05, 3.63) is 23.8 Å². The summed E-state index contributed by atoms with van der Waals surface area (Å²) in [6.45, 7) is 0. The lowest BCUT2D eigenvalue weighted by Crippen LogP contribution is -2.43. The number of ether oxygens (including phenoxy) is 1. The summed E-state index contributed by atoms with van der Waals surface area (Å²) in [4.78, 5) is 11.7. The van der Waals surface area contributed by atoms with E-state index in [1.807, 2.05) is 0 Å². The van der Waals surface area contributed by atoms with Crippen LogP contribution in [-0.4, -0.2) is 24.1 Å². The van der Waals surface area contributed by atoms with Crippen molar-refractivity contribution >= 4 is 11.7 Å². The minimum absolute atomic E-state index is 0.132. The molecule has 0 amide bonds. The molecule has 1 aliphatic carbocycles. The summed E-state index contributed by atoms with van der Waals surface area (Å²) < 4.78 is 31.7. The van der Waals surface area contributed by atoms with Gasteiger partial charge < -0.3 is 15.6 Å². The van der Waals surface area contributed by atoms with Gasteiger partial charge in [-0.2, -0.15) is 0 Å². The van der Waals surface area contributed by atoms with E-state index < -0.39 is 30.1 Å². The van der Waals surface area contributed by atoms with E-state index in [4.69, 9.17) is 10.5 Å². The number of hydrogen-bond acceptors (Lipinski definition) is 3. The molecule has 2 rings (SSSR count). The quantitative estimate of drug-likeness (QED) is 0.838. The second kappa shape index (κ2) is 4.92. The molecular weight excluding hydrogens is 268 g/mol. The van der Waals surface area contributed by atoms with Crippen molar-refractivity contribution in [2.24, 2.45) is 0 Å². The maximum Gasteiger partial charge on any atom is 0.314 e. The Morgan fingerprint density at radius 2 is 1.90 bits per heavy atom. The van der Waals surface area contributed by atoms with E-state index in [1.54, 1.807) is 12.1 Å². The van der Waals surface area contributed by atoms with E-state index in [0.717, 1.165) is 0 Å². The summed E-state index contributed by atoms with van der Waals surface area (Å²) in [5.41, 5.74) is 5.15. The summed E-state index contributed by atoms with van der Waals surface area (Å²) in [5, 5.41) is 9.56. The molecule has 1 aliphatic rings. The Balaban J connectivity index is 2.47. The van der Waals surface area contributed by atoms with Gasteiger partial charge in [-0.05, 0) is 36.6 Å². The fraction of sp³-hybridized carbons (Fsp3) is 0.500. The van der Waals surface area contributed by atoms with Gasteiger partial charge in [-0.3, -0.25) is 4.79 Å². The van der Waals surface area contributed by atoms with Gasteiger partial charge in [0.05, 0.1) is 12.5 Å². The molecule has 4 nitrogen and oxygen atoms in total. The molecule has 0 radical (unpaired) electrons. The van der Waals surface area contributed by atoms with E-state index in [-0.39, 0.29) is 12.8 Å². The first kappa shape index (κ1) is 14.6. The van der Waals surface area contributed by atoms with Crippen LogP contribution in [0, 0.1) is 0 Å². The highest BCUT2D eigenvalue weighted by atomic mass is 19.3. The average Bonchev–Trinajstić information content (AvgIpc) is 2.40. The summed E-state index contributed by atoms with van der Waals surface area (Å²) in [6.07, 6.45) is -1.16. The van der Waals surface area contributed by atoms with Crippen LogP contribution in [0.4, 0.5) is 14.5 Å². The van der Waals surface area contributed by atoms with Crippen molar-refractivity contribution in [2.45, 2.75) is 37.0 Å². The topological polar surface area (TPSA) is 72.5 Å². The number of halogens is 2. The van der Waals surface area contributed by atoms with Gasteiger partial charge in [0.15, 0.2) is 0 Å². The molecule has 6 heteroatoms. The van der Waals surface area contributed by atoms with Crippen molar-refractivity contribution in [1.29, 1.82) is 0 Å². The zero-order valence-corrected chi connectivity index (χ0v) is 11.2. The first-order chi connectivity index (χ1) is 9.31. The summed E-state index contributed by atoms with van der Waals surface area (Å²) in [7, 11) is 1.46. The Morgan fingerprint density at radius 1 is 1.30 bits per heavy atom. The number of methoxy groups -OCH3 is 1. The molecule has 110 valence electrons. The average molecular weight is 285 g/mol. The highest BCUT2D eigenvalue weighted by Gasteiger charge is 2.50. The van der Waals surface area contributed by atoms with Gasteiger partial charge in [-0.25, -0.2) is 8.78 Å². The maximum atomic E-state index is 13.3. The Bertz CT molecular complexity index is 521. The number of aliphatic carboxylic acids is 1. The molecular formula is C14H17F2NO3. The number of benzene rings is 1. The van der Waals surface area contributed by atoms with Crippen molar-refractivity contribution in [3.8, 4) is 5.75 Å². The lowest BCUT2D eigenvalue weighted by Gasteiger charge is -2.37. The zero-order chi connectivity index (χ0) is 15.0. The van der Waals surface area contributed by atoms with Crippen molar-refractivity contribution < 1.29 is 23.4 Å². The predicted octanol–water partition coefficient (Wildman–Crippen LogP) is 2.81. The van der Waals surface area contributed by atoms with Crippen LogP contribution in [0.2, 0.25) is 0 Å². The van der Waals surface area contributed by atoms with Crippen LogP contribution in [0.15, 0.2) is 18.2 Å². The molecule has 1 saturated carbocycles. The Labute approximate surface area is 115 Å². The van der Waals surface area contributed by atoms with Crippen molar-refractivity contribution in [2.75, 3.05) is 12.8 Å². The number of hydrogen-bond donors (Lipinski definition) is 2. The van der Waals surface area contributed by atoms with Crippen LogP contribution < -0.4 is 10.5 Å². The van der Waals surface area contributed by atoms with Gasteiger partial charge in [0.1, 0.15) is 5.75 Å². The fourth-order valence-electron chi connectivity index (χ4n) is 2.72. The number of rotatable bonds is 3. The molecule has 0 spiro atoms. The fourth-order valence-corrected chi connectivity index (χ4v) is 2.72. The number of carboxylic acid groups (broad SMARTS) is 1. The lowest BCUT2D eigenvalue weighted by atomic mass is 9.68. The third-order valence-electron chi connectivity index (χ3n) is 4.02. The predicted molar refractivity (Wildman–Crippen MR) is 70.1 cm³/mol. The Morgan fingerprint density at radius 3 is 2.40 bits per heavy atom. The molecule has 3 N–H and O–H groups in total. The summed E-state index contributed by atoms with van der Waals surface area (Å²) in [6, 6.07) is 4.70.